The lowest BCUT2D eigenvalue weighted by atomic mass is 10.2. The van der Waals surface area contributed by atoms with Gasteiger partial charge in [0.2, 0.25) is 0 Å². The van der Waals surface area contributed by atoms with Crippen molar-refractivity contribution in [3.63, 3.8) is 0 Å². The van der Waals surface area contributed by atoms with E-state index in [4.69, 9.17) is 12.2 Å². The number of hydrogen-bond acceptors (Lipinski definition) is 3. The van der Waals surface area contributed by atoms with Crippen molar-refractivity contribution in [2.45, 2.75) is 0 Å². The average Bonchev–Trinajstić information content (AvgIpc) is 2.58. The Labute approximate surface area is 124 Å². The highest BCUT2D eigenvalue weighted by atomic mass is 79.9. The van der Waals surface area contributed by atoms with E-state index in [9.17, 15) is 4.79 Å². The monoisotopic (exact) mass is 339 g/mol. The summed E-state index contributed by atoms with van der Waals surface area (Å²) in [6.45, 7) is 0. The van der Waals surface area contributed by atoms with Crippen LogP contribution in [0.15, 0.2) is 45.8 Å². The maximum Gasteiger partial charge on any atom is 0.265 e. The van der Waals surface area contributed by atoms with Crippen molar-refractivity contribution < 1.29 is 4.79 Å². The van der Waals surface area contributed by atoms with Crippen LogP contribution >= 0.6 is 39.9 Å². The molecule has 0 N–H and O–H groups in total. The van der Waals surface area contributed by atoms with Gasteiger partial charge >= 0.3 is 0 Å². The first-order chi connectivity index (χ1) is 8.58. The summed E-state index contributed by atoms with van der Waals surface area (Å²) in [4.78, 5) is 13.9. The minimum atomic E-state index is -0.0524. The van der Waals surface area contributed by atoms with Gasteiger partial charge in [0.1, 0.15) is 4.32 Å². The highest BCUT2D eigenvalue weighted by molar-refractivity contribution is 9.12. The van der Waals surface area contributed by atoms with Gasteiger partial charge in [0.25, 0.3) is 5.91 Å². The van der Waals surface area contributed by atoms with Gasteiger partial charge in [0.05, 0.1) is 4.91 Å². The maximum atomic E-state index is 11.8. The molecule has 0 saturated carbocycles. The van der Waals surface area contributed by atoms with Crippen molar-refractivity contribution in [1.82, 2.24) is 4.90 Å². The molecule has 1 aliphatic rings. The third kappa shape index (κ3) is 3.10. The van der Waals surface area contributed by atoms with Crippen LogP contribution < -0.4 is 0 Å². The lowest BCUT2D eigenvalue weighted by Gasteiger charge is -2.03. The fraction of sp³-hybridized carbons (Fsp3) is 0.0769. The number of amides is 1. The fourth-order valence-corrected chi connectivity index (χ4v) is 3.24. The van der Waals surface area contributed by atoms with E-state index in [0.29, 0.717) is 9.23 Å². The van der Waals surface area contributed by atoms with Crippen LogP contribution in [-0.4, -0.2) is 22.2 Å². The quantitative estimate of drug-likeness (QED) is 0.603. The Balaban J connectivity index is 2.22. The van der Waals surface area contributed by atoms with Crippen molar-refractivity contribution in [2.75, 3.05) is 7.05 Å². The number of allylic oxidation sites excluding steroid dienone is 2. The molecule has 0 unspecified atom stereocenters. The molecule has 2 nitrogen and oxygen atoms in total. The van der Waals surface area contributed by atoms with Crippen LogP contribution in [0.4, 0.5) is 0 Å². The van der Waals surface area contributed by atoms with E-state index in [2.05, 4.69) is 15.9 Å². The molecule has 0 aliphatic carbocycles. The Morgan fingerprint density at radius 1 is 1.39 bits per heavy atom. The number of carbonyl (C=O) groups excluding carboxylic acids is 1. The molecule has 1 saturated heterocycles. The highest BCUT2D eigenvalue weighted by Gasteiger charge is 2.28. The molecule has 2 rings (SSSR count). The topological polar surface area (TPSA) is 20.3 Å². The maximum absolute atomic E-state index is 11.8. The minimum Gasteiger partial charge on any atom is -0.296 e. The summed E-state index contributed by atoms with van der Waals surface area (Å²) < 4.78 is 1.44. The second-order valence-electron chi connectivity index (χ2n) is 3.68. The van der Waals surface area contributed by atoms with Crippen LogP contribution in [0.25, 0.3) is 6.08 Å². The number of thioether (sulfide) groups is 1. The Hall–Kier alpha value is -0.910. The number of hydrogen-bond donors (Lipinski definition) is 0. The molecular formula is C13H10BrNOS2. The van der Waals surface area contributed by atoms with Gasteiger partial charge in [0, 0.05) is 11.5 Å². The van der Waals surface area contributed by atoms with Gasteiger partial charge in [-0.05, 0) is 17.7 Å². The van der Waals surface area contributed by atoms with Gasteiger partial charge in [-0.1, -0.05) is 70.2 Å². The number of nitrogens with zero attached hydrogens (tertiary/aromatic N) is 1. The molecular weight excluding hydrogens is 330 g/mol. The van der Waals surface area contributed by atoms with E-state index in [-0.39, 0.29) is 5.91 Å². The molecule has 18 heavy (non-hydrogen) atoms. The molecule has 0 aromatic heterocycles. The second kappa shape index (κ2) is 5.82. The molecule has 1 aromatic carbocycles. The number of thiocarbonyl (C=S) groups is 1. The standard InChI is InChI=1S/C13H10BrNOS2/c1-15-12(16)11(18-13(15)17)8-10(14)7-9-5-3-2-4-6-9/h2-8H,1H3/b10-7-,11-8-. The highest BCUT2D eigenvalue weighted by Crippen LogP contribution is 2.31. The van der Waals surface area contributed by atoms with Crippen LogP contribution in [0.1, 0.15) is 5.56 Å². The number of halogens is 1. The normalized spacial score (nSPS) is 18.9. The van der Waals surface area contributed by atoms with Crippen molar-refractivity contribution in [3.8, 4) is 0 Å². The third-order valence-corrected chi connectivity index (χ3v) is 4.30. The van der Waals surface area contributed by atoms with E-state index < -0.39 is 0 Å². The zero-order valence-electron chi connectivity index (χ0n) is 9.59. The van der Waals surface area contributed by atoms with Crippen LogP contribution in [0.5, 0.6) is 0 Å². The predicted molar refractivity (Wildman–Crippen MR) is 84.4 cm³/mol. The summed E-state index contributed by atoms with van der Waals surface area (Å²) in [5.74, 6) is -0.0524. The Morgan fingerprint density at radius 3 is 2.61 bits per heavy atom. The van der Waals surface area contributed by atoms with Gasteiger partial charge in [0.15, 0.2) is 0 Å². The Morgan fingerprint density at radius 2 is 2.06 bits per heavy atom. The molecule has 5 heteroatoms. The number of carbonyl (C=O) groups is 1. The molecule has 92 valence electrons. The first-order valence-electron chi connectivity index (χ1n) is 5.22. The zero-order valence-corrected chi connectivity index (χ0v) is 12.8. The largest absolute Gasteiger partial charge is 0.296 e. The van der Waals surface area contributed by atoms with E-state index in [0.717, 1.165) is 10.0 Å². The molecule has 0 spiro atoms. The number of rotatable bonds is 2. The van der Waals surface area contributed by atoms with Crippen molar-refractivity contribution in [3.05, 3.63) is 51.4 Å². The summed E-state index contributed by atoms with van der Waals surface area (Å²) in [5, 5.41) is 0. The molecule has 1 aromatic rings. The fourth-order valence-electron chi connectivity index (χ4n) is 1.42. The molecule has 0 radical (unpaired) electrons. The summed E-state index contributed by atoms with van der Waals surface area (Å²) in [7, 11) is 1.69. The van der Waals surface area contributed by atoms with E-state index in [1.807, 2.05) is 36.4 Å². The summed E-state index contributed by atoms with van der Waals surface area (Å²) in [6.07, 6.45) is 3.76. The van der Waals surface area contributed by atoms with Crippen LogP contribution in [-0.2, 0) is 4.79 Å². The van der Waals surface area contributed by atoms with E-state index >= 15 is 0 Å². The smallest absolute Gasteiger partial charge is 0.265 e. The molecule has 0 atom stereocenters. The predicted octanol–water partition coefficient (Wildman–Crippen LogP) is 3.80. The number of likely N-dealkylation sites (N-methyl/N-ethyl adjacent to an activating group) is 1. The van der Waals surface area contributed by atoms with Crippen LogP contribution in [0, 0.1) is 0 Å². The third-order valence-electron chi connectivity index (χ3n) is 2.36. The van der Waals surface area contributed by atoms with Gasteiger partial charge in [-0.25, -0.2) is 0 Å². The molecule has 1 amide bonds. The van der Waals surface area contributed by atoms with Gasteiger partial charge < -0.3 is 0 Å². The second-order valence-corrected chi connectivity index (χ2v) is 6.27. The average molecular weight is 340 g/mol. The van der Waals surface area contributed by atoms with Crippen LogP contribution in [0.3, 0.4) is 0 Å². The summed E-state index contributed by atoms with van der Waals surface area (Å²) >= 11 is 9.84. The Bertz CT molecular complexity index is 551. The van der Waals surface area contributed by atoms with Crippen molar-refractivity contribution in [2.24, 2.45) is 0 Å². The SMILES string of the molecule is CN1C(=O)/C(=C/C(Br)=C/c2ccccc2)SC1=S. The molecule has 1 aliphatic heterocycles. The minimum absolute atomic E-state index is 0.0524. The van der Waals surface area contributed by atoms with E-state index in [1.165, 1.54) is 16.7 Å². The van der Waals surface area contributed by atoms with Crippen LogP contribution in [0.2, 0.25) is 0 Å². The lowest BCUT2D eigenvalue weighted by molar-refractivity contribution is -0.121. The number of benzene rings is 1. The molecule has 1 heterocycles. The van der Waals surface area contributed by atoms with Crippen molar-refractivity contribution >= 4 is 56.2 Å². The first-order valence-corrected chi connectivity index (χ1v) is 7.23. The molecule has 1 fully saturated rings. The van der Waals surface area contributed by atoms with Crippen molar-refractivity contribution in [1.29, 1.82) is 0 Å². The summed E-state index contributed by atoms with van der Waals surface area (Å²) in [5.41, 5.74) is 1.08. The van der Waals surface area contributed by atoms with Gasteiger partial charge in [-0.2, -0.15) is 0 Å². The summed E-state index contributed by atoms with van der Waals surface area (Å²) in [6, 6.07) is 9.91. The zero-order chi connectivity index (χ0) is 13.1. The first kappa shape index (κ1) is 13.5. The lowest BCUT2D eigenvalue weighted by Crippen LogP contribution is -2.22. The van der Waals surface area contributed by atoms with Gasteiger partial charge in [-0.15, -0.1) is 0 Å². The van der Waals surface area contributed by atoms with E-state index in [1.54, 1.807) is 13.1 Å². The van der Waals surface area contributed by atoms with Gasteiger partial charge in [-0.3, -0.25) is 9.69 Å². The Kier molecular flexibility index (Phi) is 4.37. The molecule has 0 bridgehead atoms.